The van der Waals surface area contributed by atoms with Crippen LogP contribution in [0.2, 0.25) is 0 Å². The fraction of sp³-hybridized carbons (Fsp3) is 0.391. The summed E-state index contributed by atoms with van der Waals surface area (Å²) >= 11 is 0. The molecule has 5 rings (SSSR count). The number of nitrogens with two attached hydrogens (primary N) is 1. The van der Waals surface area contributed by atoms with Gasteiger partial charge in [-0.2, -0.15) is 0 Å². The first kappa shape index (κ1) is 20.8. The minimum atomic E-state index is -0.715. The molecule has 0 saturated carbocycles. The molecule has 0 aliphatic carbocycles. The zero-order valence-electron chi connectivity index (χ0n) is 17.9. The van der Waals surface area contributed by atoms with Gasteiger partial charge in [-0.1, -0.05) is 0 Å². The summed E-state index contributed by atoms with van der Waals surface area (Å²) in [5.74, 6) is -0.643. The maximum atomic E-state index is 14.5. The number of pyridine rings is 2. The summed E-state index contributed by atoms with van der Waals surface area (Å²) in [5, 5.41) is 0.137. The van der Waals surface area contributed by atoms with Crippen molar-refractivity contribution in [3.8, 4) is 11.3 Å². The van der Waals surface area contributed by atoms with Gasteiger partial charge >= 0.3 is 0 Å². The van der Waals surface area contributed by atoms with Crippen LogP contribution in [0, 0.1) is 18.6 Å². The third-order valence-electron chi connectivity index (χ3n) is 6.09. The molecule has 9 heteroatoms. The predicted molar refractivity (Wildman–Crippen MR) is 120 cm³/mol. The van der Waals surface area contributed by atoms with Crippen LogP contribution in [0.5, 0.6) is 0 Å². The van der Waals surface area contributed by atoms with Gasteiger partial charge in [-0.05, 0) is 18.6 Å². The normalized spacial score (nSPS) is 17.2. The molecule has 168 valence electrons. The molecule has 0 spiro atoms. The molecule has 2 aromatic heterocycles. The smallest absolute Gasteiger partial charge is 0.138 e. The third kappa shape index (κ3) is 3.71. The van der Waals surface area contributed by atoms with Crippen LogP contribution in [0.15, 0.2) is 24.4 Å². The van der Waals surface area contributed by atoms with Gasteiger partial charge < -0.3 is 25.0 Å². The Bertz CT molecular complexity index is 1160. The Morgan fingerprint density at radius 3 is 2.28 bits per heavy atom. The molecule has 7 nitrogen and oxygen atoms in total. The van der Waals surface area contributed by atoms with Crippen molar-refractivity contribution >= 4 is 28.1 Å². The molecular formula is C23H25F2N5O2. The SMILES string of the molecule is Cc1c(-c2cc(N3CCOCC3)cnc2N2CCOCC2)nc2cc(F)cc(F)c2c1N. The number of nitrogens with zero attached hydrogens (tertiary/aromatic N) is 4. The fourth-order valence-corrected chi connectivity index (χ4v) is 4.34. The Labute approximate surface area is 184 Å². The second-order valence-corrected chi connectivity index (χ2v) is 8.04. The first-order valence-corrected chi connectivity index (χ1v) is 10.7. The van der Waals surface area contributed by atoms with E-state index < -0.39 is 11.6 Å². The molecule has 0 amide bonds. The molecule has 4 heterocycles. The second-order valence-electron chi connectivity index (χ2n) is 8.04. The van der Waals surface area contributed by atoms with Crippen LogP contribution in [-0.2, 0) is 9.47 Å². The van der Waals surface area contributed by atoms with Crippen molar-refractivity contribution in [1.29, 1.82) is 0 Å². The molecule has 0 radical (unpaired) electrons. The van der Waals surface area contributed by atoms with Crippen LogP contribution >= 0.6 is 0 Å². The van der Waals surface area contributed by atoms with Crippen LogP contribution in [0.3, 0.4) is 0 Å². The number of benzene rings is 1. The average Bonchev–Trinajstić information content (AvgIpc) is 2.81. The van der Waals surface area contributed by atoms with E-state index in [1.165, 1.54) is 6.07 Å². The summed E-state index contributed by atoms with van der Waals surface area (Å²) in [4.78, 5) is 13.8. The lowest BCUT2D eigenvalue weighted by atomic mass is 10.0. The van der Waals surface area contributed by atoms with E-state index in [0.29, 0.717) is 50.8 Å². The lowest BCUT2D eigenvalue weighted by molar-refractivity contribution is 0.122. The van der Waals surface area contributed by atoms with Crippen molar-refractivity contribution < 1.29 is 18.3 Å². The summed E-state index contributed by atoms with van der Waals surface area (Å²) < 4.78 is 39.4. The van der Waals surface area contributed by atoms with E-state index >= 15 is 0 Å². The Kier molecular flexibility index (Phi) is 5.52. The van der Waals surface area contributed by atoms with Crippen LogP contribution < -0.4 is 15.5 Å². The van der Waals surface area contributed by atoms with E-state index in [2.05, 4.69) is 14.8 Å². The van der Waals surface area contributed by atoms with Gasteiger partial charge in [0.25, 0.3) is 0 Å². The van der Waals surface area contributed by atoms with Gasteiger partial charge in [0, 0.05) is 49.6 Å². The molecule has 2 fully saturated rings. The number of aromatic nitrogens is 2. The molecule has 1 aromatic carbocycles. The first-order chi connectivity index (χ1) is 15.5. The zero-order valence-corrected chi connectivity index (χ0v) is 17.9. The van der Waals surface area contributed by atoms with Crippen LogP contribution in [0.1, 0.15) is 5.56 Å². The van der Waals surface area contributed by atoms with E-state index in [9.17, 15) is 8.78 Å². The summed E-state index contributed by atoms with van der Waals surface area (Å²) in [6.07, 6.45) is 1.86. The van der Waals surface area contributed by atoms with Gasteiger partial charge in [-0.25, -0.2) is 18.7 Å². The molecular weight excluding hydrogens is 416 g/mol. The number of ether oxygens (including phenoxy) is 2. The fourth-order valence-electron chi connectivity index (χ4n) is 4.34. The first-order valence-electron chi connectivity index (χ1n) is 10.7. The maximum absolute atomic E-state index is 14.5. The van der Waals surface area contributed by atoms with Gasteiger partial charge in [-0.3, -0.25) is 0 Å². The summed E-state index contributed by atoms with van der Waals surface area (Å²) in [7, 11) is 0. The molecule has 0 unspecified atom stereocenters. The number of hydrogen-bond donors (Lipinski definition) is 1. The van der Waals surface area contributed by atoms with E-state index in [-0.39, 0.29) is 16.6 Å². The molecule has 32 heavy (non-hydrogen) atoms. The number of rotatable bonds is 3. The topological polar surface area (TPSA) is 76.7 Å². The molecule has 0 bridgehead atoms. The molecule has 0 atom stereocenters. The minimum Gasteiger partial charge on any atom is -0.398 e. The maximum Gasteiger partial charge on any atom is 0.138 e. The van der Waals surface area contributed by atoms with Crippen molar-refractivity contribution in [3.63, 3.8) is 0 Å². The highest BCUT2D eigenvalue weighted by atomic mass is 19.1. The van der Waals surface area contributed by atoms with E-state index in [4.69, 9.17) is 20.2 Å². The van der Waals surface area contributed by atoms with Gasteiger partial charge in [0.05, 0.1) is 54.9 Å². The quantitative estimate of drug-likeness (QED) is 0.669. The number of halogens is 2. The molecule has 2 aliphatic rings. The largest absolute Gasteiger partial charge is 0.398 e. The van der Waals surface area contributed by atoms with Crippen molar-refractivity contribution in [2.45, 2.75) is 6.92 Å². The van der Waals surface area contributed by atoms with Gasteiger partial charge in [-0.15, -0.1) is 0 Å². The second kappa shape index (κ2) is 8.48. The highest BCUT2D eigenvalue weighted by Crippen LogP contribution is 2.38. The standard InChI is InChI=1S/C23H25F2N5O2/c1-14-21(26)20-18(25)10-15(24)11-19(20)28-22(14)17-12-16(29-2-6-31-7-3-29)13-27-23(17)30-4-8-32-9-5-30/h10-13H,2-9H2,1H3,(H2,26,28). The lowest BCUT2D eigenvalue weighted by Gasteiger charge is -2.32. The molecule has 3 aromatic rings. The summed E-state index contributed by atoms with van der Waals surface area (Å²) in [6.45, 7) is 7.25. The Morgan fingerprint density at radius 1 is 0.938 bits per heavy atom. The van der Waals surface area contributed by atoms with Gasteiger partial charge in [0.2, 0.25) is 0 Å². The molecule has 2 aliphatic heterocycles. The Morgan fingerprint density at radius 2 is 1.59 bits per heavy atom. The molecule has 2 N–H and O–H groups in total. The lowest BCUT2D eigenvalue weighted by Crippen LogP contribution is -2.38. The minimum absolute atomic E-state index is 0.137. The predicted octanol–water partition coefficient (Wildman–Crippen LogP) is 3.14. The van der Waals surface area contributed by atoms with Crippen LogP contribution in [-0.4, -0.2) is 62.6 Å². The third-order valence-corrected chi connectivity index (χ3v) is 6.09. The Balaban J connectivity index is 1.71. The number of nitrogen functional groups attached to an aromatic ring is 1. The highest BCUT2D eigenvalue weighted by molar-refractivity contribution is 5.97. The van der Waals surface area contributed by atoms with Crippen LogP contribution in [0.4, 0.5) is 26.0 Å². The monoisotopic (exact) mass is 441 g/mol. The van der Waals surface area contributed by atoms with Gasteiger partial charge in [0.15, 0.2) is 0 Å². The average molecular weight is 441 g/mol. The van der Waals surface area contributed by atoms with E-state index in [1.807, 2.05) is 19.2 Å². The van der Waals surface area contributed by atoms with Crippen molar-refractivity contribution in [3.05, 3.63) is 41.6 Å². The molecule has 2 saturated heterocycles. The Hall–Kier alpha value is -3.04. The number of hydrogen-bond acceptors (Lipinski definition) is 7. The number of anilines is 3. The highest BCUT2D eigenvalue weighted by Gasteiger charge is 2.24. The van der Waals surface area contributed by atoms with Crippen molar-refractivity contribution in [2.24, 2.45) is 0 Å². The van der Waals surface area contributed by atoms with Crippen molar-refractivity contribution in [1.82, 2.24) is 9.97 Å². The van der Waals surface area contributed by atoms with E-state index in [1.54, 1.807) is 0 Å². The van der Waals surface area contributed by atoms with Gasteiger partial charge in [0.1, 0.15) is 17.5 Å². The van der Waals surface area contributed by atoms with Crippen LogP contribution in [0.25, 0.3) is 22.2 Å². The number of fused-ring (bicyclic) bond motifs is 1. The van der Waals surface area contributed by atoms with Crippen molar-refractivity contribution in [2.75, 3.05) is 68.1 Å². The summed E-state index contributed by atoms with van der Waals surface area (Å²) in [6, 6.07) is 4.09. The number of morpholine rings is 2. The van der Waals surface area contributed by atoms with E-state index in [0.717, 1.165) is 36.2 Å². The zero-order chi connectivity index (χ0) is 22.2. The summed E-state index contributed by atoms with van der Waals surface area (Å²) in [5.41, 5.74) is 9.72.